The zero-order valence-corrected chi connectivity index (χ0v) is 19.0. The highest BCUT2D eigenvalue weighted by Crippen LogP contribution is 2.10. The fourth-order valence-electron chi connectivity index (χ4n) is 2.46. The maximum atomic E-state index is 11.9. The molecule has 4 N–H and O–H groups in total. The third kappa shape index (κ3) is 9.36. The molecule has 2 aromatic rings. The van der Waals surface area contributed by atoms with Crippen LogP contribution in [0.25, 0.3) is 0 Å². The van der Waals surface area contributed by atoms with E-state index >= 15 is 0 Å². The minimum Gasteiger partial charge on any atom is -0.366 e. The first-order chi connectivity index (χ1) is 14.5. The number of nitrogens with one attached hydrogen (secondary N) is 2. The van der Waals surface area contributed by atoms with Gasteiger partial charge in [0.05, 0.1) is 17.6 Å². The molecule has 2 rings (SSSR count). The highest BCUT2D eigenvalue weighted by molar-refractivity contribution is 5.93. The molecule has 0 spiro atoms. The molecule has 30 heavy (non-hydrogen) atoms. The Kier molecular flexibility index (Phi) is 14.1. The zero-order valence-electron chi connectivity index (χ0n) is 19.0. The third-order valence-electron chi connectivity index (χ3n) is 3.57. The number of primary amides is 1. The first-order valence-electron chi connectivity index (χ1n) is 10.6. The maximum Gasteiger partial charge on any atom is 0.252 e. The summed E-state index contributed by atoms with van der Waals surface area (Å²) in [5, 5.41) is 4.08. The van der Waals surface area contributed by atoms with E-state index in [4.69, 9.17) is 5.73 Å². The Morgan fingerprint density at radius 1 is 1.17 bits per heavy atom. The minimum atomic E-state index is -0.509. The Bertz CT molecular complexity index is 826. The monoisotopic (exact) mass is 416 g/mol. The number of hydrogen-bond acceptors (Lipinski definition) is 6. The second-order valence-electron chi connectivity index (χ2n) is 5.80. The Morgan fingerprint density at radius 3 is 2.37 bits per heavy atom. The number of hydrazone groups is 1. The number of amides is 1. The normalized spacial score (nSPS) is 9.80. The lowest BCUT2D eigenvalue weighted by atomic mass is 10.2. The van der Waals surface area contributed by atoms with Crippen LogP contribution in [0.2, 0.25) is 0 Å². The largest absolute Gasteiger partial charge is 0.366 e. The molecule has 0 aliphatic carbocycles. The van der Waals surface area contributed by atoms with Crippen LogP contribution in [0.5, 0.6) is 0 Å². The maximum absolute atomic E-state index is 11.9. The summed E-state index contributed by atoms with van der Waals surface area (Å²) in [6, 6.07) is 8.06. The van der Waals surface area contributed by atoms with Gasteiger partial charge in [-0.3, -0.25) is 20.0 Å². The molecule has 0 radical (unpaired) electrons. The first kappa shape index (κ1) is 26.8. The van der Waals surface area contributed by atoms with Crippen molar-refractivity contribution < 1.29 is 4.79 Å². The summed E-state index contributed by atoms with van der Waals surface area (Å²) in [6.07, 6.45) is 3.38. The number of carbonyl (C=O) groups excluding carboxylic acids is 1. The van der Waals surface area contributed by atoms with E-state index < -0.39 is 5.91 Å². The number of nitrogens with zero attached hydrogens (tertiary/aromatic N) is 3. The number of aromatic nitrogens is 2. The lowest BCUT2D eigenvalue weighted by molar-refractivity contribution is 0.100. The molecular formula is C22H36N6O2. The number of rotatable bonds is 9. The van der Waals surface area contributed by atoms with Gasteiger partial charge >= 0.3 is 0 Å². The van der Waals surface area contributed by atoms with Gasteiger partial charge in [0, 0.05) is 24.7 Å². The van der Waals surface area contributed by atoms with Crippen molar-refractivity contribution in [1.82, 2.24) is 9.97 Å². The topological polar surface area (TPSA) is 116 Å². The van der Waals surface area contributed by atoms with Crippen LogP contribution >= 0.6 is 0 Å². The number of hydrogen-bond donors (Lipinski definition) is 3. The Labute approximate surface area is 179 Å². The number of nitrogens with two attached hydrogens (primary N) is 1. The molecule has 0 saturated carbocycles. The number of carbonyl (C=O) groups is 1. The molecule has 8 heteroatoms. The van der Waals surface area contributed by atoms with E-state index in [1.54, 1.807) is 24.3 Å². The van der Waals surface area contributed by atoms with Gasteiger partial charge in [-0.15, -0.1) is 0 Å². The van der Waals surface area contributed by atoms with Crippen molar-refractivity contribution in [2.75, 3.05) is 23.4 Å². The molecule has 1 amide bonds. The third-order valence-corrected chi connectivity index (χ3v) is 3.57. The summed E-state index contributed by atoms with van der Waals surface area (Å²) in [7, 11) is 0. The molecule has 0 aliphatic rings. The highest BCUT2D eigenvalue weighted by Gasteiger charge is 2.08. The lowest BCUT2D eigenvalue weighted by Gasteiger charge is -2.21. The lowest BCUT2D eigenvalue weighted by Crippen LogP contribution is -2.29. The van der Waals surface area contributed by atoms with Crippen molar-refractivity contribution in [3.8, 4) is 0 Å². The second-order valence-corrected chi connectivity index (χ2v) is 5.80. The van der Waals surface area contributed by atoms with Crippen molar-refractivity contribution >= 4 is 23.8 Å². The van der Waals surface area contributed by atoms with E-state index in [1.165, 1.54) is 12.3 Å². The van der Waals surface area contributed by atoms with E-state index in [-0.39, 0.29) is 5.56 Å². The SMILES string of the molecule is CC.CC.CCCN(CCC)c1nc(/C=N/Nc2cccc(C(N)=O)c2)cc(=O)[nH]1. The Hall–Kier alpha value is -3.16. The predicted octanol–water partition coefficient (Wildman–Crippen LogP) is 3.99. The van der Waals surface area contributed by atoms with Crippen LogP contribution in [0, 0.1) is 0 Å². The summed E-state index contributed by atoms with van der Waals surface area (Å²) in [6.45, 7) is 13.8. The molecule has 0 saturated heterocycles. The van der Waals surface area contributed by atoms with Gasteiger partial charge in [0.15, 0.2) is 0 Å². The molecule has 0 aliphatic heterocycles. The highest BCUT2D eigenvalue weighted by atomic mass is 16.1. The Balaban J connectivity index is 0.00000198. The predicted molar refractivity (Wildman–Crippen MR) is 127 cm³/mol. The van der Waals surface area contributed by atoms with Crippen LogP contribution in [0.4, 0.5) is 11.6 Å². The van der Waals surface area contributed by atoms with E-state index in [0.717, 1.165) is 25.9 Å². The van der Waals surface area contributed by atoms with Gasteiger partial charge in [-0.1, -0.05) is 47.6 Å². The fraction of sp³-hybridized carbons (Fsp3) is 0.455. The smallest absolute Gasteiger partial charge is 0.252 e. The van der Waals surface area contributed by atoms with Crippen molar-refractivity contribution in [2.24, 2.45) is 10.8 Å². The molecular weight excluding hydrogens is 380 g/mol. The molecule has 0 atom stereocenters. The van der Waals surface area contributed by atoms with Crippen molar-refractivity contribution in [3.63, 3.8) is 0 Å². The van der Waals surface area contributed by atoms with Crippen LogP contribution in [0.1, 0.15) is 70.4 Å². The van der Waals surface area contributed by atoms with E-state index in [0.29, 0.717) is 22.9 Å². The van der Waals surface area contributed by atoms with Crippen molar-refractivity contribution in [1.29, 1.82) is 0 Å². The van der Waals surface area contributed by atoms with Gasteiger partial charge in [-0.2, -0.15) is 5.10 Å². The molecule has 1 heterocycles. The van der Waals surface area contributed by atoms with Gasteiger partial charge in [-0.05, 0) is 31.0 Å². The first-order valence-corrected chi connectivity index (χ1v) is 10.6. The average molecular weight is 417 g/mol. The number of anilines is 2. The summed E-state index contributed by atoms with van der Waals surface area (Å²) >= 11 is 0. The molecule has 0 unspecified atom stereocenters. The zero-order chi connectivity index (χ0) is 22.9. The summed E-state index contributed by atoms with van der Waals surface area (Å²) in [4.78, 5) is 32.4. The fourth-order valence-corrected chi connectivity index (χ4v) is 2.46. The molecule has 166 valence electrons. The Morgan fingerprint density at radius 2 is 1.80 bits per heavy atom. The van der Waals surface area contributed by atoms with E-state index in [2.05, 4.69) is 34.3 Å². The van der Waals surface area contributed by atoms with Crippen LogP contribution in [0.15, 0.2) is 40.2 Å². The van der Waals surface area contributed by atoms with Crippen LogP contribution in [0.3, 0.4) is 0 Å². The van der Waals surface area contributed by atoms with Crippen LogP contribution < -0.4 is 21.6 Å². The van der Waals surface area contributed by atoms with E-state index in [9.17, 15) is 9.59 Å². The molecule has 0 fully saturated rings. The van der Waals surface area contributed by atoms with Gasteiger partial charge < -0.3 is 10.6 Å². The molecule has 8 nitrogen and oxygen atoms in total. The summed E-state index contributed by atoms with van der Waals surface area (Å²) in [5.74, 6) is 0.0313. The summed E-state index contributed by atoms with van der Waals surface area (Å²) < 4.78 is 0. The molecule has 0 bridgehead atoms. The second kappa shape index (κ2) is 15.7. The molecule has 1 aromatic heterocycles. The van der Waals surface area contributed by atoms with Crippen LogP contribution in [-0.4, -0.2) is 35.2 Å². The van der Waals surface area contributed by atoms with Gasteiger partial charge in [0.25, 0.3) is 5.56 Å². The standard InChI is InChI=1S/C18H24N6O2.2C2H6/c1-3-8-24(9-4-2)18-21-15(11-16(25)22-18)12-20-23-14-7-5-6-13(10-14)17(19)26;2*1-2/h5-7,10-12,23H,3-4,8-9H2,1-2H3,(H2,19,26)(H,21,22,25);2*1-2H3/b20-12+;;. The molecule has 1 aromatic carbocycles. The average Bonchev–Trinajstić information content (AvgIpc) is 2.76. The number of aromatic amines is 1. The summed E-state index contributed by atoms with van der Waals surface area (Å²) in [5.41, 5.74) is 9.27. The van der Waals surface area contributed by atoms with Gasteiger partial charge in [0.2, 0.25) is 11.9 Å². The van der Waals surface area contributed by atoms with E-state index in [1.807, 2.05) is 32.6 Å². The van der Waals surface area contributed by atoms with Crippen LogP contribution in [-0.2, 0) is 0 Å². The number of benzene rings is 1. The quantitative estimate of drug-likeness (QED) is 0.422. The number of H-pyrrole nitrogens is 1. The van der Waals surface area contributed by atoms with Crippen molar-refractivity contribution in [3.05, 3.63) is 51.9 Å². The van der Waals surface area contributed by atoms with Crippen molar-refractivity contribution in [2.45, 2.75) is 54.4 Å². The van der Waals surface area contributed by atoms with Gasteiger partial charge in [0.1, 0.15) is 0 Å². The van der Waals surface area contributed by atoms with Gasteiger partial charge in [-0.25, -0.2) is 4.98 Å². The minimum absolute atomic E-state index is 0.232.